The highest BCUT2D eigenvalue weighted by Gasteiger charge is 2.22. The summed E-state index contributed by atoms with van der Waals surface area (Å²) < 4.78 is 18.8. The predicted molar refractivity (Wildman–Crippen MR) is 174 cm³/mol. The number of unbranched alkanes of at least 4 members (excludes halogenated alkanes) is 6. The topological polar surface area (TPSA) is 27.7 Å². The largest absolute Gasteiger partial charge is 0.492 e. The first kappa shape index (κ1) is 30.2. The molecule has 0 amide bonds. The lowest BCUT2D eigenvalue weighted by Gasteiger charge is -2.07. The van der Waals surface area contributed by atoms with E-state index in [1.807, 2.05) is 22.7 Å². The van der Waals surface area contributed by atoms with E-state index in [1.165, 1.54) is 74.7 Å². The fraction of sp³-hybridized carbons (Fsp3) is 0.500. The van der Waals surface area contributed by atoms with E-state index >= 15 is 0 Å². The Labute approximate surface area is 250 Å². The molecule has 4 aromatic heterocycles. The number of hydrogen-bond acceptors (Lipinski definition) is 7. The summed E-state index contributed by atoms with van der Waals surface area (Å²) in [5.41, 5.74) is 3.64. The zero-order valence-electron chi connectivity index (χ0n) is 23.8. The molecule has 4 rings (SSSR count). The van der Waals surface area contributed by atoms with Gasteiger partial charge in [-0.3, -0.25) is 0 Å². The molecule has 0 fully saturated rings. The average Bonchev–Trinajstić information content (AvgIpc) is 3.73. The molecule has 4 aromatic rings. The summed E-state index contributed by atoms with van der Waals surface area (Å²) in [6, 6.07) is 4.59. The summed E-state index contributed by atoms with van der Waals surface area (Å²) in [5.74, 6) is 3.01. The second kappa shape index (κ2) is 15.8. The van der Waals surface area contributed by atoms with E-state index in [-0.39, 0.29) is 0 Å². The molecule has 0 spiro atoms. The van der Waals surface area contributed by atoms with Crippen LogP contribution < -0.4 is 14.2 Å². The summed E-state index contributed by atoms with van der Waals surface area (Å²) >= 11 is 7.10. The van der Waals surface area contributed by atoms with Gasteiger partial charge in [0.1, 0.15) is 17.2 Å². The van der Waals surface area contributed by atoms with Crippen LogP contribution in [-0.4, -0.2) is 19.8 Å². The van der Waals surface area contributed by atoms with Crippen molar-refractivity contribution < 1.29 is 14.2 Å². The first-order valence-corrected chi connectivity index (χ1v) is 17.9. The Morgan fingerprint density at radius 3 is 1.64 bits per heavy atom. The first-order valence-electron chi connectivity index (χ1n) is 14.4. The molecule has 0 N–H and O–H groups in total. The number of rotatable bonds is 18. The van der Waals surface area contributed by atoms with Crippen LogP contribution in [0.15, 0.2) is 33.7 Å². The van der Waals surface area contributed by atoms with Gasteiger partial charge in [0.05, 0.1) is 19.8 Å². The van der Waals surface area contributed by atoms with Gasteiger partial charge in [-0.25, -0.2) is 0 Å². The summed E-state index contributed by atoms with van der Waals surface area (Å²) in [5, 5.41) is 8.77. The third kappa shape index (κ3) is 8.12. The van der Waals surface area contributed by atoms with E-state index in [9.17, 15) is 0 Å². The average molecular weight is 603 g/mol. The lowest BCUT2D eigenvalue weighted by atomic mass is 10.1. The summed E-state index contributed by atoms with van der Waals surface area (Å²) in [6.45, 7) is 11.2. The standard InChI is InChI=1S/C32H42O3S4/c1-5-8-11-14-33-27-18-31(38-23(27)4)24-17-30(25-19-36-21-28(25)34-15-12-9-6-2)39-32(24)26-20-37-22-29(26)35-16-13-10-7-3/h17-22H,5-16H2,1-4H3. The van der Waals surface area contributed by atoms with Crippen molar-refractivity contribution in [3.63, 3.8) is 0 Å². The molecule has 3 nitrogen and oxygen atoms in total. The van der Waals surface area contributed by atoms with Crippen molar-refractivity contribution in [2.24, 2.45) is 0 Å². The molecule has 0 aliphatic carbocycles. The molecule has 212 valence electrons. The fourth-order valence-corrected chi connectivity index (χ4v) is 8.33. The van der Waals surface area contributed by atoms with Crippen molar-refractivity contribution in [1.82, 2.24) is 0 Å². The number of aryl methyl sites for hydroxylation is 1. The van der Waals surface area contributed by atoms with E-state index in [4.69, 9.17) is 14.2 Å². The smallest absolute Gasteiger partial charge is 0.138 e. The lowest BCUT2D eigenvalue weighted by Crippen LogP contribution is -1.97. The zero-order chi connectivity index (χ0) is 27.5. The van der Waals surface area contributed by atoms with Crippen LogP contribution in [0.4, 0.5) is 0 Å². The van der Waals surface area contributed by atoms with Crippen LogP contribution in [0.3, 0.4) is 0 Å². The van der Waals surface area contributed by atoms with Gasteiger partial charge in [0.15, 0.2) is 0 Å². The van der Waals surface area contributed by atoms with Gasteiger partial charge in [0, 0.05) is 57.7 Å². The summed E-state index contributed by atoms with van der Waals surface area (Å²) in [6.07, 6.45) is 10.5. The fourth-order valence-electron chi connectivity index (χ4n) is 4.39. The molecular formula is C32H42O3S4. The highest BCUT2D eigenvalue weighted by Crippen LogP contribution is 2.51. The molecule has 0 aliphatic heterocycles. The van der Waals surface area contributed by atoms with Crippen molar-refractivity contribution in [2.75, 3.05) is 19.8 Å². The molecule has 0 saturated heterocycles. The van der Waals surface area contributed by atoms with E-state index in [1.54, 1.807) is 22.7 Å². The Kier molecular flexibility index (Phi) is 12.3. The minimum Gasteiger partial charge on any atom is -0.492 e. The van der Waals surface area contributed by atoms with Crippen LogP contribution in [0.25, 0.3) is 31.3 Å². The minimum atomic E-state index is 0.763. The van der Waals surface area contributed by atoms with Crippen LogP contribution in [0.1, 0.15) is 83.4 Å². The van der Waals surface area contributed by atoms with E-state index in [2.05, 4.69) is 61.3 Å². The Bertz CT molecular complexity index is 1260. The van der Waals surface area contributed by atoms with Crippen LogP contribution in [0.2, 0.25) is 0 Å². The Morgan fingerprint density at radius 1 is 0.538 bits per heavy atom. The SMILES string of the molecule is CCCCCOc1cscc1-c1cc(-c2cc(OCCCCC)c(C)s2)c(-c2cscc2OCCCCC)s1. The summed E-state index contributed by atoms with van der Waals surface area (Å²) in [4.78, 5) is 4.99. The zero-order valence-corrected chi connectivity index (χ0v) is 27.1. The highest BCUT2D eigenvalue weighted by molar-refractivity contribution is 7.21. The normalized spacial score (nSPS) is 11.3. The van der Waals surface area contributed by atoms with Gasteiger partial charge in [0.25, 0.3) is 0 Å². The van der Waals surface area contributed by atoms with Crippen molar-refractivity contribution in [2.45, 2.75) is 85.5 Å². The third-order valence-corrected chi connectivity index (χ3v) is 10.4. The van der Waals surface area contributed by atoms with Crippen molar-refractivity contribution >= 4 is 45.3 Å². The van der Waals surface area contributed by atoms with Crippen LogP contribution in [0, 0.1) is 6.92 Å². The maximum atomic E-state index is 6.30. The molecule has 0 atom stereocenters. The van der Waals surface area contributed by atoms with Gasteiger partial charge in [-0.1, -0.05) is 59.3 Å². The van der Waals surface area contributed by atoms with Gasteiger partial charge >= 0.3 is 0 Å². The number of ether oxygens (including phenoxy) is 3. The molecule has 0 unspecified atom stereocenters. The van der Waals surface area contributed by atoms with Crippen molar-refractivity contribution in [3.05, 3.63) is 38.5 Å². The van der Waals surface area contributed by atoms with Gasteiger partial charge in [-0.2, -0.15) is 0 Å². The molecule has 0 radical (unpaired) electrons. The molecule has 0 bridgehead atoms. The third-order valence-electron chi connectivity index (χ3n) is 6.65. The molecule has 0 aliphatic rings. The monoisotopic (exact) mass is 602 g/mol. The van der Waals surface area contributed by atoms with E-state index in [0.29, 0.717) is 0 Å². The summed E-state index contributed by atoms with van der Waals surface area (Å²) in [7, 11) is 0. The van der Waals surface area contributed by atoms with E-state index in [0.717, 1.165) is 56.3 Å². The lowest BCUT2D eigenvalue weighted by molar-refractivity contribution is 0.306. The van der Waals surface area contributed by atoms with Crippen molar-refractivity contribution in [3.8, 4) is 48.6 Å². The van der Waals surface area contributed by atoms with Crippen LogP contribution >= 0.6 is 45.3 Å². The second-order valence-electron chi connectivity index (χ2n) is 9.85. The Hall–Kier alpha value is -1.80. The molecule has 39 heavy (non-hydrogen) atoms. The molecule has 0 aromatic carbocycles. The number of thiophene rings is 4. The van der Waals surface area contributed by atoms with Crippen LogP contribution in [0.5, 0.6) is 17.2 Å². The van der Waals surface area contributed by atoms with E-state index < -0.39 is 0 Å². The molecule has 4 heterocycles. The van der Waals surface area contributed by atoms with Crippen LogP contribution in [-0.2, 0) is 0 Å². The quantitative estimate of drug-likeness (QED) is 0.106. The van der Waals surface area contributed by atoms with Crippen molar-refractivity contribution in [1.29, 1.82) is 0 Å². The minimum absolute atomic E-state index is 0.763. The number of hydrogen-bond donors (Lipinski definition) is 0. The second-order valence-corrected chi connectivity index (χ2v) is 13.6. The Balaban J connectivity index is 1.67. The Morgan fingerprint density at radius 2 is 1.05 bits per heavy atom. The predicted octanol–water partition coefficient (Wildman–Crippen LogP) is 11.9. The maximum absolute atomic E-state index is 6.30. The van der Waals surface area contributed by atoms with Gasteiger partial charge in [0.2, 0.25) is 0 Å². The highest BCUT2D eigenvalue weighted by atomic mass is 32.1. The van der Waals surface area contributed by atoms with Gasteiger partial charge < -0.3 is 14.2 Å². The molecular weight excluding hydrogens is 561 g/mol. The molecule has 7 heteroatoms. The van der Waals surface area contributed by atoms with Gasteiger partial charge in [-0.15, -0.1) is 45.3 Å². The molecule has 0 saturated carbocycles. The van der Waals surface area contributed by atoms with Gasteiger partial charge in [-0.05, 0) is 38.3 Å². The maximum Gasteiger partial charge on any atom is 0.138 e. The first-order chi connectivity index (χ1) is 19.2.